The molecule has 1 atom stereocenters. The number of pyridine rings is 1. The quantitative estimate of drug-likeness (QED) is 0.914. The van der Waals surface area contributed by atoms with Gasteiger partial charge in [0.1, 0.15) is 11.9 Å². The Hall–Kier alpha value is -1.94. The molecule has 0 bridgehead atoms. The number of rotatable bonds is 5. The van der Waals surface area contributed by atoms with Crippen molar-refractivity contribution in [1.29, 1.82) is 5.26 Å². The molecule has 0 saturated carbocycles. The normalized spacial score (nSPS) is 16.7. The summed E-state index contributed by atoms with van der Waals surface area (Å²) in [6.07, 6.45) is 1.60. The number of morpholine rings is 1. The Kier molecular flexibility index (Phi) is 5.23. The van der Waals surface area contributed by atoms with E-state index in [1.807, 2.05) is 17.4 Å². The minimum atomic E-state index is 0.315. The fourth-order valence-electron chi connectivity index (χ4n) is 2.70. The molecule has 3 heterocycles. The first kappa shape index (κ1) is 15.9. The number of nitrogens with one attached hydrogen (secondary N) is 1. The highest BCUT2D eigenvalue weighted by atomic mass is 32.1. The second-order valence-electron chi connectivity index (χ2n) is 5.54. The van der Waals surface area contributed by atoms with Crippen LogP contribution in [-0.2, 0) is 4.74 Å². The summed E-state index contributed by atoms with van der Waals surface area (Å²) in [4.78, 5) is 9.45. The summed E-state index contributed by atoms with van der Waals surface area (Å²) in [6.45, 7) is 6.40. The van der Waals surface area contributed by atoms with Crippen molar-refractivity contribution in [2.75, 3.05) is 38.2 Å². The fraction of sp³-hybridized carbons (Fsp3) is 0.412. The molecule has 0 unspecified atom stereocenters. The summed E-state index contributed by atoms with van der Waals surface area (Å²) in [5.74, 6) is 0.801. The molecule has 0 radical (unpaired) electrons. The zero-order chi connectivity index (χ0) is 16.1. The second-order valence-corrected chi connectivity index (χ2v) is 6.86. The van der Waals surface area contributed by atoms with Gasteiger partial charge in [0.15, 0.2) is 0 Å². The van der Waals surface area contributed by atoms with E-state index in [0.717, 1.165) is 38.7 Å². The molecule has 1 N–H and O–H groups in total. The van der Waals surface area contributed by atoms with Crippen LogP contribution in [0.3, 0.4) is 0 Å². The van der Waals surface area contributed by atoms with Gasteiger partial charge in [-0.25, -0.2) is 4.98 Å². The van der Waals surface area contributed by atoms with E-state index in [-0.39, 0.29) is 0 Å². The van der Waals surface area contributed by atoms with E-state index in [4.69, 9.17) is 10.00 Å². The van der Waals surface area contributed by atoms with Crippen molar-refractivity contribution < 1.29 is 4.74 Å². The maximum Gasteiger partial charge on any atom is 0.126 e. The number of nitriles is 1. The number of anilines is 1. The van der Waals surface area contributed by atoms with Crippen LogP contribution in [-0.4, -0.2) is 42.7 Å². The van der Waals surface area contributed by atoms with E-state index in [1.165, 1.54) is 9.75 Å². The minimum absolute atomic E-state index is 0.315. The van der Waals surface area contributed by atoms with E-state index >= 15 is 0 Å². The molecule has 2 aromatic rings. The molecule has 6 heteroatoms. The van der Waals surface area contributed by atoms with Crippen LogP contribution >= 0.6 is 11.3 Å². The molecule has 0 amide bonds. The fourth-order valence-corrected chi connectivity index (χ4v) is 3.71. The first-order chi connectivity index (χ1) is 11.3. The zero-order valence-electron chi connectivity index (χ0n) is 13.2. The van der Waals surface area contributed by atoms with Gasteiger partial charge in [0.05, 0.1) is 24.8 Å². The third-order valence-corrected chi connectivity index (χ3v) is 5.05. The Morgan fingerprint density at radius 1 is 1.35 bits per heavy atom. The van der Waals surface area contributed by atoms with Crippen molar-refractivity contribution >= 4 is 17.2 Å². The second kappa shape index (κ2) is 7.55. The molecule has 1 saturated heterocycles. The van der Waals surface area contributed by atoms with Crippen LogP contribution in [0.15, 0.2) is 30.5 Å². The number of aryl methyl sites for hydroxylation is 1. The van der Waals surface area contributed by atoms with Crippen LogP contribution < -0.4 is 5.32 Å². The minimum Gasteiger partial charge on any atom is -0.379 e. The zero-order valence-corrected chi connectivity index (χ0v) is 14.0. The maximum atomic E-state index is 8.84. The average Bonchev–Trinajstić information content (AvgIpc) is 3.03. The predicted octanol–water partition coefficient (Wildman–Crippen LogP) is 2.81. The van der Waals surface area contributed by atoms with Crippen LogP contribution in [0.25, 0.3) is 0 Å². The first-order valence-corrected chi connectivity index (χ1v) is 8.56. The van der Waals surface area contributed by atoms with E-state index in [1.54, 1.807) is 12.3 Å². The summed E-state index contributed by atoms with van der Waals surface area (Å²) in [5, 5.41) is 12.2. The largest absolute Gasteiger partial charge is 0.379 e. The van der Waals surface area contributed by atoms with Crippen molar-refractivity contribution in [2.45, 2.75) is 13.0 Å². The van der Waals surface area contributed by atoms with Gasteiger partial charge in [0, 0.05) is 35.6 Å². The van der Waals surface area contributed by atoms with E-state index in [9.17, 15) is 0 Å². The van der Waals surface area contributed by atoms with Gasteiger partial charge < -0.3 is 10.1 Å². The number of hydrogen-bond donors (Lipinski definition) is 1. The molecule has 2 aromatic heterocycles. The van der Waals surface area contributed by atoms with Gasteiger partial charge in [-0.1, -0.05) is 0 Å². The predicted molar refractivity (Wildman–Crippen MR) is 91.6 cm³/mol. The highest BCUT2D eigenvalue weighted by Crippen LogP contribution is 2.28. The van der Waals surface area contributed by atoms with Crippen LogP contribution in [0.2, 0.25) is 0 Å². The lowest BCUT2D eigenvalue weighted by atomic mass is 10.2. The number of hydrogen-bond acceptors (Lipinski definition) is 6. The molecule has 23 heavy (non-hydrogen) atoms. The third-order valence-electron chi connectivity index (χ3n) is 3.95. The SMILES string of the molecule is Cc1ccc([C@@H](CNc2ccc(C#N)cn2)N2CCOCC2)s1. The van der Waals surface area contributed by atoms with E-state index in [2.05, 4.69) is 40.3 Å². The third kappa shape index (κ3) is 4.08. The lowest BCUT2D eigenvalue weighted by Gasteiger charge is -2.34. The number of ether oxygens (including phenoxy) is 1. The van der Waals surface area contributed by atoms with Crippen LogP contribution in [0, 0.1) is 18.3 Å². The molecule has 1 fully saturated rings. The molecule has 120 valence electrons. The molecule has 1 aliphatic heterocycles. The topological polar surface area (TPSA) is 61.2 Å². The van der Waals surface area contributed by atoms with Crippen molar-refractivity contribution in [3.63, 3.8) is 0 Å². The van der Waals surface area contributed by atoms with Crippen LogP contribution in [0.4, 0.5) is 5.82 Å². The van der Waals surface area contributed by atoms with E-state index in [0.29, 0.717) is 11.6 Å². The summed E-state index contributed by atoms with van der Waals surface area (Å²) in [5.41, 5.74) is 0.578. The maximum absolute atomic E-state index is 8.84. The van der Waals surface area contributed by atoms with Crippen LogP contribution in [0.1, 0.15) is 21.4 Å². The molecule has 0 aromatic carbocycles. The van der Waals surface area contributed by atoms with Crippen molar-refractivity contribution in [3.05, 3.63) is 45.8 Å². The van der Waals surface area contributed by atoms with Crippen LogP contribution in [0.5, 0.6) is 0 Å². The summed E-state index contributed by atoms with van der Waals surface area (Å²) in [6, 6.07) is 10.4. The molecular formula is C17H20N4OS. The van der Waals surface area contributed by atoms with Crippen molar-refractivity contribution in [1.82, 2.24) is 9.88 Å². The highest BCUT2D eigenvalue weighted by Gasteiger charge is 2.23. The van der Waals surface area contributed by atoms with Gasteiger partial charge in [-0.2, -0.15) is 5.26 Å². The Bertz CT molecular complexity index is 671. The molecule has 0 aliphatic carbocycles. The van der Waals surface area contributed by atoms with Gasteiger partial charge >= 0.3 is 0 Å². The average molecular weight is 328 g/mol. The summed E-state index contributed by atoms with van der Waals surface area (Å²) < 4.78 is 5.48. The van der Waals surface area contributed by atoms with Crippen molar-refractivity contribution in [2.24, 2.45) is 0 Å². The number of nitrogens with zero attached hydrogens (tertiary/aromatic N) is 3. The monoisotopic (exact) mass is 328 g/mol. The first-order valence-electron chi connectivity index (χ1n) is 7.74. The molecule has 1 aliphatic rings. The lowest BCUT2D eigenvalue weighted by Crippen LogP contribution is -2.41. The number of thiophene rings is 1. The van der Waals surface area contributed by atoms with E-state index < -0.39 is 0 Å². The Morgan fingerprint density at radius 2 is 2.17 bits per heavy atom. The Labute approximate surface area is 140 Å². The summed E-state index contributed by atoms with van der Waals surface area (Å²) >= 11 is 1.84. The summed E-state index contributed by atoms with van der Waals surface area (Å²) in [7, 11) is 0. The van der Waals surface area contributed by atoms with Gasteiger partial charge in [-0.05, 0) is 31.2 Å². The Balaban J connectivity index is 1.71. The molecule has 3 rings (SSSR count). The lowest BCUT2D eigenvalue weighted by molar-refractivity contribution is 0.0194. The highest BCUT2D eigenvalue weighted by molar-refractivity contribution is 7.12. The molecular weight excluding hydrogens is 308 g/mol. The molecule has 5 nitrogen and oxygen atoms in total. The van der Waals surface area contributed by atoms with Crippen molar-refractivity contribution in [3.8, 4) is 6.07 Å². The number of aromatic nitrogens is 1. The standard InChI is InChI=1S/C17H20N4OS/c1-13-2-4-16(23-13)15(21-6-8-22-9-7-21)12-20-17-5-3-14(10-18)11-19-17/h2-5,11,15H,6-9,12H2,1H3,(H,19,20)/t15-/m1/s1. The smallest absolute Gasteiger partial charge is 0.126 e. The van der Waals surface area contributed by atoms with Gasteiger partial charge in [-0.3, -0.25) is 4.90 Å². The Morgan fingerprint density at radius 3 is 2.78 bits per heavy atom. The van der Waals surface area contributed by atoms with Gasteiger partial charge in [-0.15, -0.1) is 11.3 Å². The van der Waals surface area contributed by atoms with Gasteiger partial charge in [0.25, 0.3) is 0 Å². The molecule has 0 spiro atoms. The van der Waals surface area contributed by atoms with Gasteiger partial charge in [0.2, 0.25) is 0 Å².